The van der Waals surface area contributed by atoms with Crippen LogP contribution in [0.4, 0.5) is 5.69 Å². The number of aromatic amines is 1. The second kappa shape index (κ2) is 6.89. The summed E-state index contributed by atoms with van der Waals surface area (Å²) in [6.07, 6.45) is 1.53. The molecule has 4 aromatic rings. The van der Waals surface area contributed by atoms with Crippen LogP contribution in [0, 0.1) is 0 Å². The Hall–Kier alpha value is -3.31. The van der Waals surface area contributed by atoms with Gasteiger partial charge in [0.05, 0.1) is 28.0 Å². The Bertz CT molecular complexity index is 1500. The van der Waals surface area contributed by atoms with Gasteiger partial charge in [-0.05, 0) is 42.7 Å². The van der Waals surface area contributed by atoms with Crippen LogP contribution >= 0.6 is 11.7 Å². The van der Waals surface area contributed by atoms with Gasteiger partial charge in [-0.2, -0.15) is 8.75 Å². The summed E-state index contributed by atoms with van der Waals surface area (Å²) in [4.78, 5) is 27.7. The van der Waals surface area contributed by atoms with Crippen LogP contribution in [-0.4, -0.2) is 33.3 Å². The fraction of sp³-hybridized carbons (Fsp3) is 0.158. The zero-order chi connectivity index (χ0) is 20.9. The van der Waals surface area contributed by atoms with E-state index in [1.807, 2.05) is 12.1 Å². The van der Waals surface area contributed by atoms with Gasteiger partial charge in [0.2, 0.25) is 0 Å². The van der Waals surface area contributed by atoms with Gasteiger partial charge in [0, 0.05) is 6.54 Å². The highest BCUT2D eigenvalue weighted by Crippen LogP contribution is 2.32. The highest BCUT2D eigenvalue weighted by molar-refractivity contribution is 7.92. The summed E-state index contributed by atoms with van der Waals surface area (Å²) in [5, 5.41) is 0. The molecule has 0 fully saturated rings. The Morgan fingerprint density at radius 2 is 1.87 bits per heavy atom. The standard InChI is InChI=1S/C19H15N5O4S2/c25-18-16-17(22-29-21-16)20-19(26)24(18)13-7-3-8-14(11-13)30(27,28)23-10-4-6-12-5-1-2-9-15(12)23/h1-3,5,7-9,11H,4,6,10H2,(H,20,22,26). The Kier molecular flexibility index (Phi) is 4.29. The number of aromatic nitrogens is 4. The molecule has 0 bridgehead atoms. The maximum Gasteiger partial charge on any atom is 0.334 e. The van der Waals surface area contributed by atoms with Gasteiger partial charge in [0.15, 0.2) is 11.2 Å². The first-order chi connectivity index (χ1) is 14.5. The van der Waals surface area contributed by atoms with Gasteiger partial charge in [-0.3, -0.25) is 14.1 Å². The van der Waals surface area contributed by atoms with E-state index < -0.39 is 21.3 Å². The summed E-state index contributed by atoms with van der Waals surface area (Å²) in [6, 6.07) is 13.2. The third kappa shape index (κ3) is 2.85. The number of hydrogen-bond donors (Lipinski definition) is 1. The second-order valence-electron chi connectivity index (χ2n) is 6.84. The van der Waals surface area contributed by atoms with Gasteiger partial charge < -0.3 is 0 Å². The first kappa shape index (κ1) is 18.7. The van der Waals surface area contributed by atoms with Crippen LogP contribution in [0.3, 0.4) is 0 Å². The second-order valence-corrected chi connectivity index (χ2v) is 9.23. The summed E-state index contributed by atoms with van der Waals surface area (Å²) < 4.78 is 36.9. The number of hydrogen-bond acceptors (Lipinski definition) is 7. The van der Waals surface area contributed by atoms with E-state index in [-0.39, 0.29) is 21.7 Å². The molecule has 1 aliphatic heterocycles. The van der Waals surface area contributed by atoms with E-state index in [9.17, 15) is 18.0 Å². The van der Waals surface area contributed by atoms with E-state index in [2.05, 4.69) is 13.7 Å². The molecule has 3 heterocycles. The van der Waals surface area contributed by atoms with Crippen molar-refractivity contribution in [3.63, 3.8) is 0 Å². The number of fused-ring (bicyclic) bond motifs is 2. The predicted molar refractivity (Wildman–Crippen MR) is 113 cm³/mol. The monoisotopic (exact) mass is 441 g/mol. The molecule has 0 saturated heterocycles. The minimum atomic E-state index is -3.88. The van der Waals surface area contributed by atoms with Crippen LogP contribution in [0.5, 0.6) is 0 Å². The van der Waals surface area contributed by atoms with Crippen molar-refractivity contribution in [3.05, 3.63) is 74.9 Å². The lowest BCUT2D eigenvalue weighted by Gasteiger charge is -2.30. The molecule has 2 aromatic carbocycles. The summed E-state index contributed by atoms with van der Waals surface area (Å²) in [5.74, 6) is 0. The molecule has 0 atom stereocenters. The zero-order valence-electron chi connectivity index (χ0n) is 15.5. The molecule has 0 spiro atoms. The van der Waals surface area contributed by atoms with E-state index in [0.29, 0.717) is 18.7 Å². The number of para-hydroxylation sites is 1. The molecule has 1 aliphatic rings. The van der Waals surface area contributed by atoms with Gasteiger partial charge in [-0.15, -0.1) is 0 Å². The molecular formula is C19H15N5O4S2. The third-order valence-electron chi connectivity index (χ3n) is 5.05. The lowest BCUT2D eigenvalue weighted by atomic mass is 10.0. The van der Waals surface area contributed by atoms with Crippen LogP contribution in [0.1, 0.15) is 12.0 Å². The van der Waals surface area contributed by atoms with Gasteiger partial charge in [0.1, 0.15) is 0 Å². The quantitative estimate of drug-likeness (QED) is 0.517. The predicted octanol–water partition coefficient (Wildman–Crippen LogP) is 1.67. The van der Waals surface area contributed by atoms with E-state index in [4.69, 9.17) is 0 Å². The van der Waals surface area contributed by atoms with Crippen molar-refractivity contribution in [3.8, 4) is 5.69 Å². The topological polar surface area (TPSA) is 118 Å². The molecule has 11 heteroatoms. The Balaban J connectivity index is 1.65. The Morgan fingerprint density at radius 1 is 1.03 bits per heavy atom. The van der Waals surface area contributed by atoms with Crippen LogP contribution in [-0.2, 0) is 16.4 Å². The number of sulfonamides is 1. The average Bonchev–Trinajstić information content (AvgIpc) is 3.22. The number of aryl methyl sites for hydroxylation is 1. The SMILES string of the molecule is O=c1[nH]c2nsnc2c(=O)n1-c1cccc(S(=O)(=O)N2CCCc3ccccc32)c1. The molecule has 9 nitrogen and oxygen atoms in total. The fourth-order valence-corrected chi connectivity index (χ4v) is 5.74. The molecule has 152 valence electrons. The fourth-order valence-electron chi connectivity index (χ4n) is 3.66. The van der Waals surface area contributed by atoms with Crippen LogP contribution in [0.15, 0.2) is 63.0 Å². The van der Waals surface area contributed by atoms with Crippen molar-refractivity contribution in [1.82, 2.24) is 18.3 Å². The molecule has 0 aliphatic carbocycles. The maximum absolute atomic E-state index is 13.4. The number of nitrogens with one attached hydrogen (secondary N) is 1. The molecule has 0 saturated carbocycles. The number of benzene rings is 2. The van der Waals surface area contributed by atoms with Crippen molar-refractivity contribution in [2.24, 2.45) is 0 Å². The molecular weight excluding hydrogens is 426 g/mol. The molecule has 0 unspecified atom stereocenters. The number of anilines is 1. The van der Waals surface area contributed by atoms with Crippen LogP contribution in [0.2, 0.25) is 0 Å². The minimum absolute atomic E-state index is 0.000460. The average molecular weight is 441 g/mol. The molecule has 2 aromatic heterocycles. The summed E-state index contributed by atoms with van der Waals surface area (Å²) in [7, 11) is -3.88. The summed E-state index contributed by atoms with van der Waals surface area (Å²) in [6.45, 7) is 0.362. The zero-order valence-corrected chi connectivity index (χ0v) is 17.1. The van der Waals surface area contributed by atoms with Crippen LogP contribution < -0.4 is 15.6 Å². The van der Waals surface area contributed by atoms with Gasteiger partial charge >= 0.3 is 5.69 Å². The Morgan fingerprint density at radius 3 is 2.73 bits per heavy atom. The van der Waals surface area contributed by atoms with E-state index in [0.717, 1.165) is 28.3 Å². The van der Waals surface area contributed by atoms with E-state index >= 15 is 0 Å². The van der Waals surface area contributed by atoms with Gasteiger partial charge in [-0.25, -0.2) is 17.8 Å². The first-order valence-corrected chi connectivity index (χ1v) is 11.3. The lowest BCUT2D eigenvalue weighted by molar-refractivity contribution is 0.586. The third-order valence-corrected chi connectivity index (χ3v) is 7.39. The highest BCUT2D eigenvalue weighted by atomic mass is 32.2. The Labute approximate surface area is 174 Å². The van der Waals surface area contributed by atoms with Crippen LogP contribution in [0.25, 0.3) is 16.9 Å². The largest absolute Gasteiger partial charge is 0.334 e. The van der Waals surface area contributed by atoms with Crippen molar-refractivity contribution < 1.29 is 8.42 Å². The van der Waals surface area contributed by atoms with Gasteiger partial charge in [-0.1, -0.05) is 24.3 Å². The normalized spacial score (nSPS) is 14.1. The molecule has 1 N–H and O–H groups in total. The summed E-state index contributed by atoms with van der Waals surface area (Å²) >= 11 is 0.813. The van der Waals surface area contributed by atoms with Crippen molar-refractivity contribution >= 4 is 38.6 Å². The molecule has 5 rings (SSSR count). The maximum atomic E-state index is 13.4. The number of H-pyrrole nitrogens is 1. The van der Waals surface area contributed by atoms with E-state index in [1.54, 1.807) is 12.1 Å². The first-order valence-electron chi connectivity index (χ1n) is 9.15. The van der Waals surface area contributed by atoms with Crippen molar-refractivity contribution in [2.45, 2.75) is 17.7 Å². The molecule has 0 radical (unpaired) electrons. The summed E-state index contributed by atoms with van der Waals surface area (Å²) in [5.41, 5.74) is 0.537. The smallest absolute Gasteiger partial charge is 0.289 e. The van der Waals surface area contributed by atoms with Gasteiger partial charge in [0.25, 0.3) is 15.6 Å². The van der Waals surface area contributed by atoms with Crippen molar-refractivity contribution in [2.75, 3.05) is 10.8 Å². The highest BCUT2D eigenvalue weighted by Gasteiger charge is 2.29. The molecule has 30 heavy (non-hydrogen) atoms. The number of rotatable bonds is 3. The minimum Gasteiger partial charge on any atom is -0.289 e. The van der Waals surface area contributed by atoms with Crippen molar-refractivity contribution in [1.29, 1.82) is 0 Å². The van der Waals surface area contributed by atoms with E-state index in [1.165, 1.54) is 28.6 Å². The lowest BCUT2D eigenvalue weighted by Crippen LogP contribution is -2.36. The number of nitrogens with zero attached hydrogens (tertiary/aromatic N) is 4. The molecule has 0 amide bonds.